The molecule has 4 heteroatoms. The summed E-state index contributed by atoms with van der Waals surface area (Å²) in [4.78, 5) is 5.22. The second kappa shape index (κ2) is 13.7. The molecular weight excluding hydrogens is 824 g/mol. The predicted octanol–water partition coefficient (Wildman–Crippen LogP) is 15.5. The summed E-state index contributed by atoms with van der Waals surface area (Å²) in [5, 5.41) is 1.20. The standard InChI is InChI=1S/C64H63BN2O/c1-38-28-54-57-55(29-38)67-46-32-41(39-16-13-12-14-17-39)30-42(33-46)40-18-15-19-44(31-40)64(11)27-26-63(9,10)50-37-56-47(34-51(50)64)58(67)59(68-56)65(57)52-35-48-49(62(7,8)25-24-61(48,5)6)36-53(52)66(54)45-22-20-43(21-23-45)60(2,3)4/h12-23,28-37H,24-27H2,1-11H3. The maximum atomic E-state index is 7.72. The van der Waals surface area contributed by atoms with Crippen LogP contribution < -0.4 is 26.4 Å². The molecule has 13 rings (SSSR count). The van der Waals surface area contributed by atoms with Crippen molar-refractivity contribution >= 4 is 68.4 Å². The molecule has 0 amide bonds. The average molecular weight is 887 g/mol. The summed E-state index contributed by atoms with van der Waals surface area (Å²) < 4.78 is 7.72. The zero-order valence-electron chi connectivity index (χ0n) is 41.9. The van der Waals surface area contributed by atoms with Crippen molar-refractivity contribution in [3.8, 4) is 22.3 Å². The highest BCUT2D eigenvalue weighted by Crippen LogP contribution is 2.56. The van der Waals surface area contributed by atoms with Crippen LogP contribution in [0.1, 0.15) is 134 Å². The fourth-order valence-electron chi connectivity index (χ4n) is 13.3. The number of anilines is 6. The Balaban J connectivity index is 1.19. The average Bonchev–Trinajstić information content (AvgIpc) is 3.69. The molecule has 0 spiro atoms. The Morgan fingerprint density at radius 3 is 1.82 bits per heavy atom. The van der Waals surface area contributed by atoms with Crippen LogP contribution in [0.15, 0.2) is 138 Å². The molecule has 0 radical (unpaired) electrons. The van der Waals surface area contributed by atoms with E-state index in [9.17, 15) is 0 Å². The molecule has 1 atom stereocenters. The van der Waals surface area contributed by atoms with Gasteiger partial charge in [-0.05, 0) is 187 Å². The molecule has 338 valence electrons. The third-order valence-electron chi connectivity index (χ3n) is 17.6. The first kappa shape index (κ1) is 41.9. The SMILES string of the molecule is Cc1cc2c3c(c1)N1c4cc(-c5ccccc5)cc(c4)-c4cccc(c4)C4(C)CCC(C)(C)c5cc6oc(c1c6cc54)B3c1cc3c(cc1N2c1ccc(C(C)(C)C)cc1)C(C)(C)CCC3(C)C. The number of aryl methyl sites for hydroxylation is 1. The van der Waals surface area contributed by atoms with E-state index in [2.05, 4.69) is 219 Å². The van der Waals surface area contributed by atoms with Gasteiger partial charge in [0, 0.05) is 39.2 Å². The van der Waals surface area contributed by atoms with Gasteiger partial charge in [0.25, 0.3) is 6.71 Å². The van der Waals surface area contributed by atoms with Crippen molar-refractivity contribution in [2.75, 3.05) is 9.80 Å². The van der Waals surface area contributed by atoms with Gasteiger partial charge in [-0.2, -0.15) is 0 Å². The first-order chi connectivity index (χ1) is 32.3. The van der Waals surface area contributed by atoms with Gasteiger partial charge in [-0.3, -0.25) is 0 Å². The second-order valence-electron chi connectivity index (χ2n) is 24.5. The van der Waals surface area contributed by atoms with E-state index in [4.69, 9.17) is 4.42 Å². The van der Waals surface area contributed by atoms with Crippen molar-refractivity contribution in [3.05, 3.63) is 172 Å². The second-order valence-corrected chi connectivity index (χ2v) is 24.5. The lowest BCUT2D eigenvalue weighted by Gasteiger charge is -2.46. The fourth-order valence-corrected chi connectivity index (χ4v) is 13.3. The lowest BCUT2D eigenvalue weighted by Crippen LogP contribution is -2.61. The van der Waals surface area contributed by atoms with Gasteiger partial charge in [0.1, 0.15) is 5.58 Å². The summed E-state index contributed by atoms with van der Waals surface area (Å²) in [5.74, 6) is 0. The van der Waals surface area contributed by atoms with Crippen molar-refractivity contribution in [1.29, 1.82) is 0 Å². The Bertz CT molecular complexity index is 3450. The molecule has 0 fully saturated rings. The summed E-state index contributed by atoms with van der Waals surface area (Å²) in [7, 11) is 0. The highest BCUT2D eigenvalue weighted by atomic mass is 16.3. The van der Waals surface area contributed by atoms with Crippen molar-refractivity contribution in [2.45, 2.75) is 129 Å². The molecule has 3 nitrogen and oxygen atoms in total. The molecule has 3 aliphatic heterocycles. The number of furan rings is 1. The molecule has 1 aromatic heterocycles. The minimum absolute atomic E-state index is 0.00917. The van der Waals surface area contributed by atoms with E-state index in [1.807, 2.05) is 0 Å². The fraction of sp³-hybridized carbons (Fsp3) is 0.312. The highest BCUT2D eigenvalue weighted by Gasteiger charge is 2.50. The van der Waals surface area contributed by atoms with Crippen LogP contribution in [-0.4, -0.2) is 6.71 Å². The Hall–Kier alpha value is -6.26. The van der Waals surface area contributed by atoms with Gasteiger partial charge in [-0.1, -0.05) is 142 Å². The van der Waals surface area contributed by atoms with Crippen LogP contribution in [0.25, 0.3) is 33.2 Å². The lowest BCUT2D eigenvalue weighted by molar-refractivity contribution is 0.332. The van der Waals surface area contributed by atoms with Gasteiger partial charge in [-0.25, -0.2) is 0 Å². The molecule has 0 N–H and O–H groups in total. The van der Waals surface area contributed by atoms with Crippen LogP contribution in [0.2, 0.25) is 0 Å². The molecule has 5 aliphatic rings. The summed E-state index contributed by atoms with van der Waals surface area (Å²) in [6, 6.07) is 52.4. The van der Waals surface area contributed by atoms with Crippen LogP contribution in [0.4, 0.5) is 34.1 Å². The van der Waals surface area contributed by atoms with Crippen LogP contribution in [0.5, 0.6) is 0 Å². The molecule has 1 unspecified atom stereocenters. The van der Waals surface area contributed by atoms with Crippen molar-refractivity contribution in [2.24, 2.45) is 0 Å². The highest BCUT2D eigenvalue weighted by molar-refractivity contribution is 7.00. The van der Waals surface area contributed by atoms with Crippen molar-refractivity contribution in [3.63, 3.8) is 0 Å². The van der Waals surface area contributed by atoms with Gasteiger partial charge < -0.3 is 14.2 Å². The minimum Gasteiger partial charge on any atom is -0.468 e. The van der Waals surface area contributed by atoms with Crippen LogP contribution in [0, 0.1) is 6.92 Å². The van der Waals surface area contributed by atoms with Gasteiger partial charge in [0.15, 0.2) is 0 Å². The quantitative estimate of drug-likeness (QED) is 0.161. The maximum Gasteiger partial charge on any atom is 0.297 e. The normalized spacial score (nSPS) is 19.8. The molecule has 2 aliphatic carbocycles. The predicted molar refractivity (Wildman–Crippen MR) is 289 cm³/mol. The van der Waals surface area contributed by atoms with Gasteiger partial charge in [-0.15, -0.1) is 0 Å². The number of nitrogens with zero attached hydrogens (tertiary/aromatic N) is 2. The number of fused-ring (bicyclic) bond motifs is 12. The monoisotopic (exact) mass is 887 g/mol. The number of rotatable bonds is 2. The van der Waals surface area contributed by atoms with Crippen LogP contribution in [-0.2, 0) is 27.1 Å². The third-order valence-corrected chi connectivity index (χ3v) is 17.6. The van der Waals surface area contributed by atoms with Crippen molar-refractivity contribution in [1.82, 2.24) is 0 Å². The van der Waals surface area contributed by atoms with Crippen molar-refractivity contribution < 1.29 is 4.42 Å². The topological polar surface area (TPSA) is 19.6 Å². The Morgan fingerprint density at radius 2 is 1.13 bits per heavy atom. The Morgan fingerprint density at radius 1 is 0.515 bits per heavy atom. The summed E-state index contributed by atoms with van der Waals surface area (Å²) in [5.41, 5.74) is 26.4. The van der Waals surface area contributed by atoms with E-state index in [1.54, 1.807) is 0 Å². The van der Waals surface area contributed by atoms with Gasteiger partial charge >= 0.3 is 0 Å². The van der Waals surface area contributed by atoms with E-state index in [-0.39, 0.29) is 33.8 Å². The van der Waals surface area contributed by atoms with E-state index >= 15 is 0 Å². The first-order valence-electron chi connectivity index (χ1n) is 25.3. The zero-order chi connectivity index (χ0) is 47.0. The summed E-state index contributed by atoms with van der Waals surface area (Å²) in [6.45, 7) is 26.4. The van der Waals surface area contributed by atoms with E-state index in [0.717, 1.165) is 42.6 Å². The van der Waals surface area contributed by atoms with E-state index in [1.165, 1.54) is 106 Å². The molecular formula is C64H63BN2O. The maximum absolute atomic E-state index is 7.72. The zero-order valence-corrected chi connectivity index (χ0v) is 41.9. The van der Waals surface area contributed by atoms with Gasteiger partial charge in [0.2, 0.25) is 0 Å². The number of benzene rings is 7. The molecule has 68 heavy (non-hydrogen) atoms. The molecule has 7 aromatic carbocycles. The van der Waals surface area contributed by atoms with E-state index < -0.39 is 0 Å². The summed E-state index contributed by atoms with van der Waals surface area (Å²) >= 11 is 0. The first-order valence-corrected chi connectivity index (χ1v) is 25.3. The Kier molecular flexibility index (Phi) is 8.45. The lowest BCUT2D eigenvalue weighted by atomic mass is 9.35. The largest absolute Gasteiger partial charge is 0.468 e. The molecule has 0 saturated heterocycles. The Labute approximate surface area is 404 Å². The van der Waals surface area contributed by atoms with Crippen LogP contribution >= 0.6 is 0 Å². The number of hydrogen-bond acceptors (Lipinski definition) is 3. The summed E-state index contributed by atoms with van der Waals surface area (Å²) in [6.07, 6.45) is 4.49. The molecule has 8 aromatic rings. The number of hydrogen-bond donors (Lipinski definition) is 0. The smallest absolute Gasteiger partial charge is 0.297 e. The third kappa shape index (κ3) is 5.85. The minimum atomic E-state index is -0.183. The van der Waals surface area contributed by atoms with Gasteiger partial charge in [0.05, 0.1) is 11.3 Å². The van der Waals surface area contributed by atoms with E-state index in [0.29, 0.717) is 0 Å². The van der Waals surface area contributed by atoms with Crippen LogP contribution in [0.3, 0.4) is 0 Å². The molecule has 4 heterocycles. The molecule has 6 bridgehead atoms. The molecule has 0 saturated carbocycles.